The number of hydrogen-bond acceptors (Lipinski definition) is 3. The van der Waals surface area contributed by atoms with Gasteiger partial charge >= 0.3 is 0 Å². The smallest absolute Gasteiger partial charge is 0.105 e. The van der Waals surface area contributed by atoms with Gasteiger partial charge in [-0.2, -0.15) is 0 Å². The summed E-state index contributed by atoms with van der Waals surface area (Å²) in [6.45, 7) is 8.12. The predicted octanol–water partition coefficient (Wildman–Crippen LogP) is 3.73. The molecule has 0 aliphatic heterocycles. The third kappa shape index (κ3) is 4.45. The van der Waals surface area contributed by atoms with Gasteiger partial charge in [0.05, 0.1) is 6.26 Å². The molecule has 0 saturated carbocycles. The van der Waals surface area contributed by atoms with Gasteiger partial charge in [-0.25, -0.2) is 0 Å². The van der Waals surface area contributed by atoms with Gasteiger partial charge in [0.1, 0.15) is 5.76 Å². The van der Waals surface area contributed by atoms with Crippen LogP contribution in [-0.4, -0.2) is 18.5 Å². The molecule has 3 heteroatoms. The summed E-state index contributed by atoms with van der Waals surface area (Å²) in [5.41, 5.74) is 11.4. The summed E-state index contributed by atoms with van der Waals surface area (Å²) in [6, 6.07) is 8.70. The van der Waals surface area contributed by atoms with Crippen LogP contribution in [0, 0.1) is 20.8 Å². The van der Waals surface area contributed by atoms with Crippen molar-refractivity contribution in [2.24, 2.45) is 5.73 Å². The SMILES string of the molecule is Cc1cc(C)cc(C(N)CCN(C)Cc2ccoc2C)c1. The molecule has 0 bridgehead atoms. The maximum atomic E-state index is 6.34. The molecule has 2 aromatic rings. The van der Waals surface area contributed by atoms with Crippen LogP contribution in [0.1, 0.15) is 40.5 Å². The summed E-state index contributed by atoms with van der Waals surface area (Å²) >= 11 is 0. The highest BCUT2D eigenvalue weighted by atomic mass is 16.3. The summed E-state index contributed by atoms with van der Waals surface area (Å²) in [6.07, 6.45) is 2.70. The molecule has 0 fully saturated rings. The Labute approximate surface area is 127 Å². The fourth-order valence-electron chi connectivity index (χ4n) is 2.70. The maximum absolute atomic E-state index is 6.34. The Morgan fingerprint density at radius 2 is 1.81 bits per heavy atom. The molecule has 114 valence electrons. The zero-order chi connectivity index (χ0) is 15.4. The second-order valence-electron chi connectivity index (χ2n) is 6.06. The van der Waals surface area contributed by atoms with E-state index in [9.17, 15) is 0 Å². The average Bonchev–Trinajstić information content (AvgIpc) is 2.80. The van der Waals surface area contributed by atoms with Crippen molar-refractivity contribution in [2.45, 2.75) is 39.8 Å². The lowest BCUT2D eigenvalue weighted by Gasteiger charge is -2.20. The first-order chi connectivity index (χ1) is 9.95. The number of furan rings is 1. The third-order valence-corrected chi connectivity index (χ3v) is 3.90. The fourth-order valence-corrected chi connectivity index (χ4v) is 2.70. The molecular weight excluding hydrogens is 260 g/mol. The van der Waals surface area contributed by atoms with Crippen molar-refractivity contribution in [3.8, 4) is 0 Å². The van der Waals surface area contributed by atoms with Crippen LogP contribution in [0.3, 0.4) is 0 Å². The van der Waals surface area contributed by atoms with Crippen LogP contribution in [0.15, 0.2) is 34.9 Å². The summed E-state index contributed by atoms with van der Waals surface area (Å²) in [4.78, 5) is 2.29. The van der Waals surface area contributed by atoms with E-state index in [-0.39, 0.29) is 6.04 Å². The molecule has 21 heavy (non-hydrogen) atoms. The minimum absolute atomic E-state index is 0.0940. The molecule has 3 nitrogen and oxygen atoms in total. The zero-order valence-electron chi connectivity index (χ0n) is 13.5. The van der Waals surface area contributed by atoms with Gasteiger partial charge in [0.15, 0.2) is 0 Å². The fraction of sp³-hybridized carbons (Fsp3) is 0.444. The van der Waals surface area contributed by atoms with Crippen LogP contribution in [0.25, 0.3) is 0 Å². The number of nitrogens with two attached hydrogens (primary N) is 1. The topological polar surface area (TPSA) is 42.4 Å². The molecule has 1 unspecified atom stereocenters. The standard InChI is InChI=1S/C18H26N2O/c1-13-9-14(2)11-17(10-13)18(19)5-7-20(4)12-16-6-8-21-15(16)3/h6,8-11,18H,5,7,12,19H2,1-4H3. The second-order valence-corrected chi connectivity index (χ2v) is 6.06. The summed E-state index contributed by atoms with van der Waals surface area (Å²) < 4.78 is 5.34. The van der Waals surface area contributed by atoms with E-state index < -0.39 is 0 Å². The Balaban J connectivity index is 1.88. The molecule has 0 amide bonds. The van der Waals surface area contributed by atoms with E-state index in [1.807, 2.05) is 13.0 Å². The number of rotatable bonds is 6. The van der Waals surface area contributed by atoms with Crippen molar-refractivity contribution in [3.05, 3.63) is 58.5 Å². The van der Waals surface area contributed by atoms with Gasteiger partial charge in [-0.05, 0) is 52.4 Å². The van der Waals surface area contributed by atoms with E-state index in [0.29, 0.717) is 0 Å². The van der Waals surface area contributed by atoms with E-state index >= 15 is 0 Å². The predicted molar refractivity (Wildman–Crippen MR) is 87.2 cm³/mol. The molecule has 1 aromatic heterocycles. The van der Waals surface area contributed by atoms with Gasteiger partial charge in [0, 0.05) is 18.2 Å². The Bertz CT molecular complexity index is 568. The number of benzene rings is 1. The number of nitrogens with zero attached hydrogens (tertiary/aromatic N) is 1. The largest absolute Gasteiger partial charge is 0.469 e. The Morgan fingerprint density at radius 1 is 1.14 bits per heavy atom. The van der Waals surface area contributed by atoms with Crippen LogP contribution in [0.4, 0.5) is 0 Å². The molecule has 1 aromatic carbocycles. The first-order valence-electron chi connectivity index (χ1n) is 7.51. The van der Waals surface area contributed by atoms with Crippen molar-refractivity contribution in [2.75, 3.05) is 13.6 Å². The van der Waals surface area contributed by atoms with Crippen molar-refractivity contribution >= 4 is 0 Å². The molecule has 0 aliphatic carbocycles. The monoisotopic (exact) mass is 286 g/mol. The van der Waals surface area contributed by atoms with Gasteiger partial charge in [0.2, 0.25) is 0 Å². The van der Waals surface area contributed by atoms with Crippen LogP contribution < -0.4 is 5.73 Å². The van der Waals surface area contributed by atoms with Gasteiger partial charge in [-0.1, -0.05) is 29.3 Å². The van der Waals surface area contributed by atoms with E-state index in [2.05, 4.69) is 44.0 Å². The first kappa shape index (κ1) is 15.8. The third-order valence-electron chi connectivity index (χ3n) is 3.90. The number of hydrogen-bond donors (Lipinski definition) is 1. The molecule has 0 aliphatic rings. The molecule has 0 saturated heterocycles. The maximum Gasteiger partial charge on any atom is 0.105 e. The van der Waals surface area contributed by atoms with E-state index in [1.54, 1.807) is 6.26 Å². The summed E-state index contributed by atoms with van der Waals surface area (Å²) in [7, 11) is 2.13. The van der Waals surface area contributed by atoms with Crippen molar-refractivity contribution < 1.29 is 4.42 Å². The molecule has 0 radical (unpaired) electrons. The molecule has 2 N–H and O–H groups in total. The van der Waals surface area contributed by atoms with Crippen LogP contribution >= 0.6 is 0 Å². The van der Waals surface area contributed by atoms with Crippen molar-refractivity contribution in [1.29, 1.82) is 0 Å². The van der Waals surface area contributed by atoms with Crippen LogP contribution in [-0.2, 0) is 6.54 Å². The van der Waals surface area contributed by atoms with Gasteiger partial charge < -0.3 is 15.1 Å². The lowest BCUT2D eigenvalue weighted by Crippen LogP contribution is -2.23. The lowest BCUT2D eigenvalue weighted by molar-refractivity contribution is 0.309. The van der Waals surface area contributed by atoms with Gasteiger partial charge in [-0.15, -0.1) is 0 Å². The molecule has 1 atom stereocenters. The highest BCUT2D eigenvalue weighted by molar-refractivity contribution is 5.30. The second kappa shape index (κ2) is 6.92. The van der Waals surface area contributed by atoms with Crippen LogP contribution in [0.5, 0.6) is 0 Å². The first-order valence-corrected chi connectivity index (χ1v) is 7.51. The number of aryl methyl sites for hydroxylation is 3. The minimum atomic E-state index is 0.0940. The highest BCUT2D eigenvalue weighted by Gasteiger charge is 2.10. The highest BCUT2D eigenvalue weighted by Crippen LogP contribution is 2.19. The van der Waals surface area contributed by atoms with E-state index in [0.717, 1.165) is 25.3 Å². The van der Waals surface area contributed by atoms with Crippen molar-refractivity contribution in [3.63, 3.8) is 0 Å². The molecule has 1 heterocycles. The van der Waals surface area contributed by atoms with E-state index in [4.69, 9.17) is 10.2 Å². The lowest BCUT2D eigenvalue weighted by atomic mass is 9.99. The van der Waals surface area contributed by atoms with Crippen molar-refractivity contribution in [1.82, 2.24) is 4.90 Å². The van der Waals surface area contributed by atoms with Gasteiger partial charge in [0.25, 0.3) is 0 Å². The summed E-state index contributed by atoms with van der Waals surface area (Å²) in [5.74, 6) is 1.00. The molecule has 2 rings (SSSR count). The van der Waals surface area contributed by atoms with Gasteiger partial charge in [-0.3, -0.25) is 0 Å². The minimum Gasteiger partial charge on any atom is -0.469 e. The Morgan fingerprint density at radius 3 is 2.38 bits per heavy atom. The van der Waals surface area contributed by atoms with Crippen LogP contribution in [0.2, 0.25) is 0 Å². The summed E-state index contributed by atoms with van der Waals surface area (Å²) in [5, 5.41) is 0. The quantitative estimate of drug-likeness (QED) is 0.880. The van der Waals surface area contributed by atoms with E-state index in [1.165, 1.54) is 22.3 Å². The normalized spacial score (nSPS) is 12.9. The zero-order valence-corrected chi connectivity index (χ0v) is 13.5. The molecule has 0 spiro atoms. The Hall–Kier alpha value is -1.58. The average molecular weight is 286 g/mol. The molecular formula is C18H26N2O. The Kier molecular flexibility index (Phi) is 5.21.